The highest BCUT2D eigenvalue weighted by molar-refractivity contribution is 5.68. The van der Waals surface area contributed by atoms with Gasteiger partial charge >= 0.3 is 5.97 Å². The lowest BCUT2D eigenvalue weighted by Gasteiger charge is -2.16. The number of aliphatic carboxylic acids is 1. The lowest BCUT2D eigenvalue weighted by molar-refractivity contribution is -0.137. The van der Waals surface area contributed by atoms with E-state index in [4.69, 9.17) is 15.6 Å². The number of anilines is 1. The molecule has 2 rings (SSSR count). The molecule has 0 bridgehead atoms. The molecule has 0 aromatic heterocycles. The Morgan fingerprint density at radius 2 is 2.29 bits per heavy atom. The van der Waals surface area contributed by atoms with E-state index in [1.54, 1.807) is 7.11 Å². The van der Waals surface area contributed by atoms with Crippen LogP contribution in [-0.4, -0.2) is 18.2 Å². The van der Waals surface area contributed by atoms with E-state index in [1.807, 2.05) is 18.2 Å². The summed E-state index contributed by atoms with van der Waals surface area (Å²) >= 11 is 0. The molecule has 92 valence electrons. The molecule has 3 N–H and O–H groups in total. The Morgan fingerprint density at radius 3 is 2.76 bits per heavy atom. The summed E-state index contributed by atoms with van der Waals surface area (Å²) in [5.41, 5.74) is 7.43. The van der Waals surface area contributed by atoms with E-state index in [2.05, 4.69) is 0 Å². The van der Waals surface area contributed by atoms with Gasteiger partial charge in [0.1, 0.15) is 5.75 Å². The Balaban J connectivity index is 2.23. The molecule has 0 aliphatic heterocycles. The molecule has 17 heavy (non-hydrogen) atoms. The maximum atomic E-state index is 10.9. The quantitative estimate of drug-likeness (QED) is 0.768. The molecule has 1 atom stereocenters. The number of methoxy groups -OCH3 is 1. The highest BCUT2D eigenvalue weighted by Crippen LogP contribution is 2.45. The van der Waals surface area contributed by atoms with Crippen LogP contribution < -0.4 is 10.5 Å². The van der Waals surface area contributed by atoms with Crippen molar-refractivity contribution in [2.45, 2.75) is 25.2 Å². The van der Waals surface area contributed by atoms with E-state index >= 15 is 0 Å². The minimum atomic E-state index is -0.753. The monoisotopic (exact) mass is 235 g/mol. The maximum absolute atomic E-state index is 10.9. The van der Waals surface area contributed by atoms with E-state index in [-0.39, 0.29) is 12.3 Å². The van der Waals surface area contributed by atoms with Crippen molar-refractivity contribution in [3.8, 4) is 5.75 Å². The fourth-order valence-electron chi connectivity index (χ4n) is 2.23. The SMILES string of the molecule is COc1ccc(C(CC(=O)O)C2CC2)cc1N. The second-order valence-corrected chi connectivity index (χ2v) is 4.54. The van der Waals surface area contributed by atoms with Gasteiger partial charge in [-0.3, -0.25) is 4.79 Å². The summed E-state index contributed by atoms with van der Waals surface area (Å²) in [6.07, 6.45) is 2.41. The van der Waals surface area contributed by atoms with Gasteiger partial charge < -0.3 is 15.6 Å². The Kier molecular flexibility index (Phi) is 3.22. The molecule has 1 aliphatic rings. The molecule has 0 radical (unpaired) electrons. The molecule has 1 aromatic rings. The van der Waals surface area contributed by atoms with Crippen molar-refractivity contribution >= 4 is 11.7 Å². The number of carboxylic acids is 1. The Labute approximate surface area is 100 Å². The number of nitrogen functional groups attached to an aromatic ring is 1. The van der Waals surface area contributed by atoms with Gasteiger partial charge in [-0.25, -0.2) is 0 Å². The van der Waals surface area contributed by atoms with Crippen LogP contribution in [0.2, 0.25) is 0 Å². The zero-order valence-electron chi connectivity index (χ0n) is 9.85. The minimum absolute atomic E-state index is 0.0840. The van der Waals surface area contributed by atoms with Crippen molar-refractivity contribution in [3.05, 3.63) is 23.8 Å². The number of benzene rings is 1. The summed E-state index contributed by atoms with van der Waals surface area (Å²) in [5.74, 6) is 0.467. The molecule has 1 aromatic carbocycles. The van der Waals surface area contributed by atoms with Gasteiger partial charge in [-0.1, -0.05) is 6.07 Å². The fraction of sp³-hybridized carbons (Fsp3) is 0.462. The van der Waals surface area contributed by atoms with Crippen molar-refractivity contribution < 1.29 is 14.6 Å². The zero-order chi connectivity index (χ0) is 12.4. The number of carbonyl (C=O) groups is 1. The average molecular weight is 235 g/mol. The first-order chi connectivity index (χ1) is 8.11. The van der Waals surface area contributed by atoms with E-state index in [9.17, 15) is 4.79 Å². The lowest BCUT2D eigenvalue weighted by atomic mass is 9.90. The first-order valence-corrected chi connectivity index (χ1v) is 5.77. The van der Waals surface area contributed by atoms with Crippen LogP contribution in [0.4, 0.5) is 5.69 Å². The summed E-state index contributed by atoms with van der Waals surface area (Å²) in [6, 6.07) is 5.56. The second-order valence-electron chi connectivity index (χ2n) is 4.54. The van der Waals surface area contributed by atoms with Crippen molar-refractivity contribution in [1.82, 2.24) is 0 Å². The van der Waals surface area contributed by atoms with Crippen molar-refractivity contribution in [2.75, 3.05) is 12.8 Å². The third-order valence-electron chi connectivity index (χ3n) is 3.27. The standard InChI is InChI=1S/C13H17NO3/c1-17-12-5-4-9(6-11(12)14)10(7-13(15)16)8-2-3-8/h4-6,8,10H,2-3,7,14H2,1H3,(H,15,16). The molecule has 4 nitrogen and oxygen atoms in total. The van der Waals surface area contributed by atoms with Gasteiger partial charge in [-0.2, -0.15) is 0 Å². The van der Waals surface area contributed by atoms with Gasteiger partial charge in [0.2, 0.25) is 0 Å². The number of carboxylic acid groups (broad SMARTS) is 1. The minimum Gasteiger partial charge on any atom is -0.495 e. The molecular weight excluding hydrogens is 218 g/mol. The number of ether oxygens (including phenoxy) is 1. The molecule has 4 heteroatoms. The average Bonchev–Trinajstić information content (AvgIpc) is 3.09. The molecular formula is C13H17NO3. The van der Waals surface area contributed by atoms with Crippen LogP contribution in [0.3, 0.4) is 0 Å². The predicted octanol–water partition coefficient (Wildman–Crippen LogP) is 2.25. The van der Waals surface area contributed by atoms with E-state index in [0.717, 1.165) is 18.4 Å². The third-order valence-corrected chi connectivity index (χ3v) is 3.27. The topological polar surface area (TPSA) is 72.5 Å². The van der Waals surface area contributed by atoms with Crippen LogP contribution in [0, 0.1) is 5.92 Å². The van der Waals surface area contributed by atoms with Gasteiger partial charge in [0.15, 0.2) is 0 Å². The van der Waals surface area contributed by atoms with E-state index < -0.39 is 5.97 Å². The smallest absolute Gasteiger partial charge is 0.303 e. The van der Waals surface area contributed by atoms with Crippen molar-refractivity contribution in [2.24, 2.45) is 5.92 Å². The van der Waals surface area contributed by atoms with Gasteiger partial charge in [0, 0.05) is 0 Å². The molecule has 0 heterocycles. The largest absolute Gasteiger partial charge is 0.495 e. The Bertz CT molecular complexity index is 427. The van der Waals surface area contributed by atoms with Gasteiger partial charge in [0.05, 0.1) is 19.2 Å². The Hall–Kier alpha value is -1.71. The summed E-state index contributed by atoms with van der Waals surface area (Å²) in [4.78, 5) is 10.9. The molecule has 0 spiro atoms. The summed E-state index contributed by atoms with van der Waals surface area (Å²) in [7, 11) is 1.57. The molecule has 1 fully saturated rings. The maximum Gasteiger partial charge on any atom is 0.303 e. The number of hydrogen-bond acceptors (Lipinski definition) is 3. The summed E-state index contributed by atoms with van der Waals surface area (Å²) < 4.78 is 5.10. The van der Waals surface area contributed by atoms with Crippen LogP contribution in [0.25, 0.3) is 0 Å². The number of rotatable bonds is 5. The first kappa shape index (κ1) is 11.8. The van der Waals surface area contributed by atoms with Crippen LogP contribution in [-0.2, 0) is 4.79 Å². The van der Waals surface area contributed by atoms with Crippen LogP contribution in [0.15, 0.2) is 18.2 Å². The summed E-state index contributed by atoms with van der Waals surface area (Å²) in [6.45, 7) is 0. The number of hydrogen-bond donors (Lipinski definition) is 2. The molecule has 1 unspecified atom stereocenters. The van der Waals surface area contributed by atoms with Crippen molar-refractivity contribution in [3.63, 3.8) is 0 Å². The molecule has 1 saturated carbocycles. The number of nitrogens with two attached hydrogens (primary N) is 1. The molecule has 0 saturated heterocycles. The van der Waals surface area contributed by atoms with Crippen LogP contribution in [0.5, 0.6) is 5.75 Å². The van der Waals surface area contributed by atoms with E-state index in [0.29, 0.717) is 17.4 Å². The Morgan fingerprint density at radius 1 is 1.59 bits per heavy atom. The van der Waals surface area contributed by atoms with Gasteiger partial charge in [-0.05, 0) is 42.4 Å². The van der Waals surface area contributed by atoms with Crippen molar-refractivity contribution in [1.29, 1.82) is 0 Å². The highest BCUT2D eigenvalue weighted by atomic mass is 16.5. The van der Waals surface area contributed by atoms with Crippen LogP contribution in [0.1, 0.15) is 30.7 Å². The van der Waals surface area contributed by atoms with E-state index in [1.165, 1.54) is 0 Å². The van der Waals surface area contributed by atoms with Gasteiger partial charge in [0.25, 0.3) is 0 Å². The lowest BCUT2D eigenvalue weighted by Crippen LogP contribution is -2.09. The highest BCUT2D eigenvalue weighted by Gasteiger charge is 2.33. The first-order valence-electron chi connectivity index (χ1n) is 5.77. The summed E-state index contributed by atoms with van der Waals surface area (Å²) in [5, 5.41) is 8.94. The predicted molar refractivity (Wildman–Crippen MR) is 65.1 cm³/mol. The normalized spacial score (nSPS) is 16.5. The zero-order valence-corrected chi connectivity index (χ0v) is 9.85. The third kappa shape index (κ3) is 2.70. The van der Waals surface area contributed by atoms with Crippen LogP contribution >= 0.6 is 0 Å². The van der Waals surface area contributed by atoms with Gasteiger partial charge in [-0.15, -0.1) is 0 Å². The fourth-order valence-corrected chi connectivity index (χ4v) is 2.23. The molecule has 0 amide bonds. The molecule has 1 aliphatic carbocycles. The second kappa shape index (κ2) is 4.65.